The van der Waals surface area contributed by atoms with E-state index in [4.69, 9.17) is 14.2 Å². The van der Waals surface area contributed by atoms with Crippen molar-refractivity contribution in [3.05, 3.63) is 85.1 Å². The van der Waals surface area contributed by atoms with Gasteiger partial charge in [-0.2, -0.15) is 0 Å². The molecule has 0 saturated heterocycles. The average molecular weight is 905 g/mol. The Hall–Kier alpha value is -3.41. The molecule has 0 aromatic heterocycles. The fourth-order valence-electron chi connectivity index (χ4n) is 7.31. The number of carbonyl (C=O) groups is 3. The maximum atomic E-state index is 12.8. The van der Waals surface area contributed by atoms with Gasteiger partial charge in [-0.25, -0.2) is 0 Å². The predicted octanol–water partition coefficient (Wildman–Crippen LogP) is 18.0. The number of hydrogen-bond acceptors (Lipinski definition) is 6. The highest BCUT2D eigenvalue weighted by Crippen LogP contribution is 2.15. The van der Waals surface area contributed by atoms with Crippen molar-refractivity contribution in [1.82, 2.24) is 0 Å². The lowest BCUT2D eigenvalue weighted by molar-refractivity contribution is -0.167. The van der Waals surface area contributed by atoms with Gasteiger partial charge >= 0.3 is 17.9 Å². The van der Waals surface area contributed by atoms with E-state index >= 15 is 0 Å². The Morgan fingerprint density at radius 3 is 1.00 bits per heavy atom. The van der Waals surface area contributed by atoms with Crippen LogP contribution in [0.5, 0.6) is 0 Å². The summed E-state index contributed by atoms with van der Waals surface area (Å²) in [5, 5.41) is 0. The number of rotatable bonds is 48. The second-order valence-corrected chi connectivity index (χ2v) is 17.8. The first-order valence-corrected chi connectivity index (χ1v) is 27.1. The van der Waals surface area contributed by atoms with Gasteiger partial charge in [0.15, 0.2) is 6.10 Å². The topological polar surface area (TPSA) is 78.9 Å². The summed E-state index contributed by atoms with van der Waals surface area (Å²) in [6.07, 6.45) is 68.5. The van der Waals surface area contributed by atoms with Crippen LogP contribution in [0.2, 0.25) is 0 Å². The van der Waals surface area contributed by atoms with Crippen LogP contribution in [-0.4, -0.2) is 37.2 Å². The summed E-state index contributed by atoms with van der Waals surface area (Å²) in [4.78, 5) is 38.0. The zero-order valence-corrected chi connectivity index (χ0v) is 42.5. The molecule has 1 atom stereocenters. The number of unbranched alkanes of at least 4 members (excludes halogenated alkanes) is 23. The molecule has 0 radical (unpaired) electrons. The summed E-state index contributed by atoms with van der Waals surface area (Å²) < 4.78 is 16.8. The molecule has 0 fully saturated rings. The number of ether oxygens (including phenoxy) is 3. The molecule has 0 aromatic carbocycles. The molecule has 0 aliphatic heterocycles. The van der Waals surface area contributed by atoms with Gasteiger partial charge in [0.05, 0.1) is 0 Å². The molecule has 0 aliphatic carbocycles. The molecule has 6 nitrogen and oxygen atoms in total. The number of carbonyl (C=O) groups excluding carboxylic acids is 3. The van der Waals surface area contributed by atoms with E-state index in [1.807, 2.05) is 0 Å². The van der Waals surface area contributed by atoms with Crippen LogP contribution in [-0.2, 0) is 28.6 Å². The Labute approximate surface area is 401 Å². The van der Waals surface area contributed by atoms with Crippen LogP contribution in [0.4, 0.5) is 0 Å². The Morgan fingerprint density at radius 1 is 0.323 bits per heavy atom. The van der Waals surface area contributed by atoms with Gasteiger partial charge < -0.3 is 14.2 Å². The van der Waals surface area contributed by atoms with Crippen molar-refractivity contribution in [3.8, 4) is 0 Å². The van der Waals surface area contributed by atoms with Gasteiger partial charge in [-0.1, -0.05) is 228 Å². The summed E-state index contributed by atoms with van der Waals surface area (Å²) in [7, 11) is 0. The van der Waals surface area contributed by atoms with Crippen LogP contribution in [0, 0.1) is 0 Å². The van der Waals surface area contributed by atoms with Crippen LogP contribution in [0.3, 0.4) is 0 Å². The highest BCUT2D eigenvalue weighted by atomic mass is 16.6. The van der Waals surface area contributed by atoms with Gasteiger partial charge in [-0.05, 0) is 89.9 Å². The second-order valence-electron chi connectivity index (χ2n) is 17.8. The van der Waals surface area contributed by atoms with Crippen molar-refractivity contribution in [2.45, 2.75) is 258 Å². The molecule has 0 heterocycles. The lowest BCUT2D eigenvalue weighted by Gasteiger charge is -2.18. The van der Waals surface area contributed by atoms with Crippen molar-refractivity contribution < 1.29 is 28.6 Å². The lowest BCUT2D eigenvalue weighted by atomic mass is 10.0. The van der Waals surface area contributed by atoms with Crippen molar-refractivity contribution in [3.63, 3.8) is 0 Å². The highest BCUT2D eigenvalue weighted by Gasteiger charge is 2.19. The quantitative estimate of drug-likeness (QED) is 0.0262. The van der Waals surface area contributed by atoms with E-state index < -0.39 is 6.10 Å². The zero-order valence-electron chi connectivity index (χ0n) is 42.5. The van der Waals surface area contributed by atoms with E-state index in [1.54, 1.807) is 0 Å². The monoisotopic (exact) mass is 905 g/mol. The minimum absolute atomic E-state index is 0.0915. The second kappa shape index (κ2) is 53.2. The number of hydrogen-bond donors (Lipinski definition) is 0. The zero-order chi connectivity index (χ0) is 47.2. The van der Waals surface area contributed by atoms with Crippen molar-refractivity contribution in [2.24, 2.45) is 0 Å². The largest absolute Gasteiger partial charge is 0.462 e. The van der Waals surface area contributed by atoms with Crippen LogP contribution in [0.25, 0.3) is 0 Å². The molecule has 0 rings (SSSR count). The van der Waals surface area contributed by atoms with Crippen molar-refractivity contribution >= 4 is 17.9 Å². The van der Waals surface area contributed by atoms with E-state index in [0.717, 1.165) is 122 Å². The molecule has 372 valence electrons. The SMILES string of the molecule is CC/C=C\C/C=C\C/C=C\C/C=C\C/C=C\CCCCCC(=O)OCC(COC(=O)CCCCCCCCCCCCCCCC)OC(=O)CCCCCCC/C=C\C/C=C\CCCC. The molecule has 0 spiro atoms. The molecule has 0 N–H and O–H groups in total. The summed E-state index contributed by atoms with van der Waals surface area (Å²) in [5.41, 5.74) is 0. The Balaban J connectivity index is 4.45. The van der Waals surface area contributed by atoms with Gasteiger partial charge in [0.25, 0.3) is 0 Å². The third-order valence-electron chi connectivity index (χ3n) is 11.4. The van der Waals surface area contributed by atoms with E-state index in [9.17, 15) is 14.4 Å². The van der Waals surface area contributed by atoms with Gasteiger partial charge in [-0.15, -0.1) is 0 Å². The Kier molecular flexibility index (Phi) is 50.4. The minimum atomic E-state index is -0.796. The molecule has 0 amide bonds. The third-order valence-corrected chi connectivity index (χ3v) is 11.4. The Bertz CT molecular complexity index is 1270. The molecular formula is C59H100O6. The van der Waals surface area contributed by atoms with Crippen LogP contribution in [0.1, 0.15) is 252 Å². The molecule has 0 saturated carbocycles. The summed E-state index contributed by atoms with van der Waals surface area (Å²) in [6.45, 7) is 6.45. The third kappa shape index (κ3) is 51.4. The highest BCUT2D eigenvalue weighted by molar-refractivity contribution is 5.71. The van der Waals surface area contributed by atoms with Gasteiger partial charge in [-0.3, -0.25) is 14.4 Å². The average Bonchev–Trinajstić information content (AvgIpc) is 3.30. The van der Waals surface area contributed by atoms with E-state index in [1.165, 1.54) is 89.9 Å². The van der Waals surface area contributed by atoms with E-state index in [-0.39, 0.29) is 31.1 Å². The first-order valence-electron chi connectivity index (χ1n) is 27.1. The fourth-order valence-corrected chi connectivity index (χ4v) is 7.31. The first-order chi connectivity index (χ1) is 32.0. The Morgan fingerprint density at radius 2 is 0.615 bits per heavy atom. The summed E-state index contributed by atoms with van der Waals surface area (Å²) >= 11 is 0. The van der Waals surface area contributed by atoms with Crippen LogP contribution in [0.15, 0.2) is 85.1 Å². The molecule has 0 bridgehead atoms. The predicted molar refractivity (Wildman–Crippen MR) is 279 cm³/mol. The van der Waals surface area contributed by atoms with Gasteiger partial charge in [0, 0.05) is 19.3 Å². The van der Waals surface area contributed by atoms with Gasteiger partial charge in [0.2, 0.25) is 0 Å². The molecular weight excluding hydrogens is 805 g/mol. The molecule has 0 aliphatic rings. The maximum absolute atomic E-state index is 12.8. The normalized spacial score (nSPS) is 12.7. The smallest absolute Gasteiger partial charge is 0.306 e. The summed E-state index contributed by atoms with van der Waals surface area (Å²) in [6, 6.07) is 0. The van der Waals surface area contributed by atoms with Crippen molar-refractivity contribution in [1.29, 1.82) is 0 Å². The van der Waals surface area contributed by atoms with Crippen molar-refractivity contribution in [2.75, 3.05) is 13.2 Å². The number of esters is 3. The molecule has 1 unspecified atom stereocenters. The fraction of sp³-hybridized carbons (Fsp3) is 0.712. The van der Waals surface area contributed by atoms with E-state index in [0.29, 0.717) is 19.3 Å². The van der Waals surface area contributed by atoms with Gasteiger partial charge in [0.1, 0.15) is 13.2 Å². The number of allylic oxidation sites excluding steroid dienone is 14. The molecule has 0 aromatic rings. The first kappa shape index (κ1) is 61.6. The molecule has 65 heavy (non-hydrogen) atoms. The van der Waals surface area contributed by atoms with E-state index in [2.05, 4.69) is 106 Å². The summed E-state index contributed by atoms with van der Waals surface area (Å²) in [5.74, 6) is -0.936. The lowest BCUT2D eigenvalue weighted by Crippen LogP contribution is -2.30. The van der Waals surface area contributed by atoms with Crippen LogP contribution < -0.4 is 0 Å². The van der Waals surface area contributed by atoms with Crippen LogP contribution >= 0.6 is 0 Å². The maximum Gasteiger partial charge on any atom is 0.306 e. The standard InChI is InChI=1S/C59H100O6/c1-4-7-10-13-16-19-22-25-28-29-30-31-32-35-37-40-43-46-49-52-58(61)64-55-56(65-59(62)53-50-47-44-41-38-34-27-24-21-18-15-12-9-6-3)54-63-57(60)51-48-45-42-39-36-33-26-23-20-17-14-11-8-5-2/h7,10,15-16,18-19,24-25,27-28,30-31,35,37,56H,4-6,8-9,11-14,17,20-23,26,29,32-34,36,38-55H2,1-3H3/b10-7-,18-15-,19-16-,27-24-,28-25-,31-30-,37-35-. The minimum Gasteiger partial charge on any atom is -0.462 e. The molecule has 6 heteroatoms.